The van der Waals surface area contributed by atoms with Gasteiger partial charge in [0.05, 0.1) is 24.4 Å². The lowest BCUT2D eigenvalue weighted by molar-refractivity contribution is -0.122. The molecular formula is C19H22N2O4. The number of anilines is 1. The molecule has 2 heterocycles. The van der Waals surface area contributed by atoms with Crippen molar-refractivity contribution in [3.63, 3.8) is 0 Å². The second kappa shape index (κ2) is 6.63. The van der Waals surface area contributed by atoms with Crippen molar-refractivity contribution in [2.45, 2.75) is 19.3 Å². The highest BCUT2D eigenvalue weighted by molar-refractivity contribution is 6.00. The monoisotopic (exact) mass is 342 g/mol. The van der Waals surface area contributed by atoms with Gasteiger partial charge in [-0.1, -0.05) is 6.07 Å². The van der Waals surface area contributed by atoms with Crippen molar-refractivity contribution in [3.05, 3.63) is 42.1 Å². The van der Waals surface area contributed by atoms with Crippen molar-refractivity contribution in [3.8, 4) is 17.4 Å². The van der Waals surface area contributed by atoms with Gasteiger partial charge in [0, 0.05) is 13.1 Å². The Morgan fingerprint density at radius 1 is 1.16 bits per heavy atom. The van der Waals surface area contributed by atoms with E-state index in [9.17, 15) is 4.79 Å². The zero-order valence-electron chi connectivity index (χ0n) is 14.9. The van der Waals surface area contributed by atoms with Gasteiger partial charge < -0.3 is 19.1 Å². The number of pyridine rings is 1. The summed E-state index contributed by atoms with van der Waals surface area (Å²) in [6.07, 6.45) is 1.62. The quantitative estimate of drug-likeness (QED) is 0.855. The molecule has 0 radical (unpaired) electrons. The average molecular weight is 342 g/mol. The number of fused-ring (bicyclic) bond motifs is 1. The topological polar surface area (TPSA) is 60.9 Å². The molecule has 3 rings (SSSR count). The van der Waals surface area contributed by atoms with Gasteiger partial charge in [-0.25, -0.2) is 4.98 Å². The number of hydrogen-bond donors (Lipinski definition) is 0. The smallest absolute Gasteiger partial charge is 0.236 e. The highest BCUT2D eigenvalue weighted by Crippen LogP contribution is 2.36. The van der Waals surface area contributed by atoms with E-state index < -0.39 is 5.41 Å². The molecule has 6 heteroatoms. The summed E-state index contributed by atoms with van der Waals surface area (Å²) in [4.78, 5) is 18.8. The predicted octanol–water partition coefficient (Wildman–Crippen LogP) is 2.80. The van der Waals surface area contributed by atoms with Crippen LogP contribution in [0.3, 0.4) is 0 Å². The molecule has 25 heavy (non-hydrogen) atoms. The molecule has 0 fully saturated rings. The summed E-state index contributed by atoms with van der Waals surface area (Å²) in [5.41, 5.74) is 0.844. The lowest BCUT2D eigenvalue weighted by atomic mass is 9.83. The predicted molar refractivity (Wildman–Crippen MR) is 94.7 cm³/mol. The summed E-state index contributed by atoms with van der Waals surface area (Å²) < 4.78 is 16.2. The summed E-state index contributed by atoms with van der Waals surface area (Å²) >= 11 is 0. The number of benzene rings is 1. The summed E-state index contributed by atoms with van der Waals surface area (Å²) in [5, 5.41) is 0. The normalized spacial score (nSPS) is 13.3. The zero-order valence-corrected chi connectivity index (χ0v) is 14.9. The Balaban J connectivity index is 1.86. The summed E-state index contributed by atoms with van der Waals surface area (Å²) in [5.74, 6) is 1.86. The maximum absolute atomic E-state index is 13.1. The van der Waals surface area contributed by atoms with Crippen LogP contribution in [0.5, 0.6) is 17.4 Å². The van der Waals surface area contributed by atoms with Crippen LogP contribution in [0, 0.1) is 0 Å². The molecule has 132 valence electrons. The number of aromatic nitrogens is 1. The first kappa shape index (κ1) is 17.1. The third-order valence-corrected chi connectivity index (χ3v) is 4.42. The van der Waals surface area contributed by atoms with E-state index in [1.54, 1.807) is 31.3 Å². The van der Waals surface area contributed by atoms with Gasteiger partial charge in [-0.15, -0.1) is 0 Å². The Labute approximate surface area is 147 Å². The summed E-state index contributed by atoms with van der Waals surface area (Å²) in [6.45, 7) is 4.85. The molecule has 0 atom stereocenters. The minimum Gasteiger partial charge on any atom is -0.486 e. The number of rotatable bonds is 4. The van der Waals surface area contributed by atoms with Gasteiger partial charge in [-0.05, 0) is 37.6 Å². The van der Waals surface area contributed by atoms with Crippen molar-refractivity contribution in [2.75, 3.05) is 32.3 Å². The number of carbonyl (C=O) groups is 1. The standard InChI is InChI=1S/C19H22N2O4/c1-19(2,13-5-7-15-16(11-13)25-10-9-24-15)18(22)21(3)14-6-8-17(23-4)20-12-14/h5-8,11-12H,9-10H2,1-4H3. The molecule has 0 saturated carbocycles. The first-order valence-corrected chi connectivity index (χ1v) is 8.12. The minimum atomic E-state index is -0.732. The van der Waals surface area contributed by atoms with Gasteiger partial charge in [0.25, 0.3) is 0 Å². The number of likely N-dealkylation sites (N-methyl/N-ethyl adjacent to an activating group) is 1. The number of methoxy groups -OCH3 is 1. The van der Waals surface area contributed by atoms with Gasteiger partial charge >= 0.3 is 0 Å². The number of ether oxygens (including phenoxy) is 3. The van der Waals surface area contributed by atoms with Crippen LogP contribution in [0.15, 0.2) is 36.5 Å². The summed E-state index contributed by atoms with van der Waals surface area (Å²) in [6, 6.07) is 9.19. The SMILES string of the molecule is COc1ccc(N(C)C(=O)C(C)(C)c2ccc3c(c2)OCCO3)cn1. The molecule has 0 saturated heterocycles. The second-order valence-corrected chi connectivity index (χ2v) is 6.41. The Bertz CT molecular complexity index is 771. The van der Waals surface area contributed by atoms with Gasteiger partial charge in [0.15, 0.2) is 11.5 Å². The van der Waals surface area contributed by atoms with E-state index in [0.717, 1.165) is 5.56 Å². The number of hydrogen-bond acceptors (Lipinski definition) is 5. The van der Waals surface area contributed by atoms with Crippen LogP contribution in [0.25, 0.3) is 0 Å². The zero-order chi connectivity index (χ0) is 18.0. The molecule has 1 aliphatic heterocycles. The molecule has 0 spiro atoms. The molecule has 1 aromatic carbocycles. The highest BCUT2D eigenvalue weighted by atomic mass is 16.6. The van der Waals surface area contributed by atoms with Crippen LogP contribution < -0.4 is 19.1 Å². The Hall–Kier alpha value is -2.76. The van der Waals surface area contributed by atoms with Gasteiger partial charge in [-0.2, -0.15) is 0 Å². The van der Waals surface area contributed by atoms with Gasteiger partial charge in [-0.3, -0.25) is 4.79 Å². The molecule has 0 bridgehead atoms. The third kappa shape index (κ3) is 3.24. The van der Waals surface area contributed by atoms with Crippen LogP contribution >= 0.6 is 0 Å². The fraction of sp³-hybridized carbons (Fsp3) is 0.368. The third-order valence-electron chi connectivity index (χ3n) is 4.42. The molecular weight excluding hydrogens is 320 g/mol. The maximum Gasteiger partial charge on any atom is 0.236 e. The van der Waals surface area contributed by atoms with Gasteiger partial charge in [0.2, 0.25) is 11.8 Å². The Kier molecular flexibility index (Phi) is 4.53. The summed E-state index contributed by atoms with van der Waals surface area (Å²) in [7, 11) is 3.30. The van der Waals surface area contributed by atoms with Crippen LogP contribution in [-0.4, -0.2) is 38.3 Å². The van der Waals surface area contributed by atoms with E-state index in [-0.39, 0.29) is 5.91 Å². The second-order valence-electron chi connectivity index (χ2n) is 6.41. The maximum atomic E-state index is 13.1. The molecule has 0 unspecified atom stereocenters. The first-order chi connectivity index (χ1) is 11.9. The molecule has 2 aromatic rings. The van der Waals surface area contributed by atoms with Crippen LogP contribution in [0.2, 0.25) is 0 Å². The van der Waals surface area contributed by atoms with Crippen molar-refractivity contribution in [1.29, 1.82) is 0 Å². The van der Waals surface area contributed by atoms with E-state index in [0.29, 0.717) is 36.3 Å². The van der Waals surface area contributed by atoms with Gasteiger partial charge in [0.1, 0.15) is 13.2 Å². The van der Waals surface area contributed by atoms with Crippen molar-refractivity contribution in [2.24, 2.45) is 0 Å². The van der Waals surface area contributed by atoms with E-state index in [2.05, 4.69) is 4.98 Å². The molecule has 1 amide bonds. The largest absolute Gasteiger partial charge is 0.486 e. The fourth-order valence-corrected chi connectivity index (χ4v) is 2.78. The number of nitrogens with zero attached hydrogens (tertiary/aromatic N) is 2. The van der Waals surface area contributed by atoms with E-state index in [4.69, 9.17) is 14.2 Å². The molecule has 6 nitrogen and oxygen atoms in total. The van der Waals surface area contributed by atoms with Crippen LogP contribution in [0.1, 0.15) is 19.4 Å². The lowest BCUT2D eigenvalue weighted by Gasteiger charge is -2.30. The average Bonchev–Trinajstić information content (AvgIpc) is 2.66. The molecule has 1 aliphatic rings. The molecule has 1 aromatic heterocycles. The Morgan fingerprint density at radius 3 is 2.52 bits per heavy atom. The van der Waals surface area contributed by atoms with Crippen LogP contribution in [0.4, 0.5) is 5.69 Å². The van der Waals surface area contributed by atoms with Crippen molar-refractivity contribution in [1.82, 2.24) is 4.98 Å². The van der Waals surface area contributed by atoms with E-state index >= 15 is 0 Å². The lowest BCUT2D eigenvalue weighted by Crippen LogP contribution is -2.41. The molecule has 0 aliphatic carbocycles. The Morgan fingerprint density at radius 2 is 1.88 bits per heavy atom. The van der Waals surface area contributed by atoms with E-state index in [1.165, 1.54) is 0 Å². The van der Waals surface area contributed by atoms with Crippen molar-refractivity contribution >= 4 is 11.6 Å². The molecule has 0 N–H and O–H groups in total. The van der Waals surface area contributed by atoms with Crippen LogP contribution in [-0.2, 0) is 10.2 Å². The van der Waals surface area contributed by atoms with E-state index in [1.807, 2.05) is 38.1 Å². The van der Waals surface area contributed by atoms with Crippen molar-refractivity contribution < 1.29 is 19.0 Å². The minimum absolute atomic E-state index is 0.0452. The fourth-order valence-electron chi connectivity index (χ4n) is 2.78. The first-order valence-electron chi connectivity index (χ1n) is 8.12. The number of amides is 1. The highest BCUT2D eigenvalue weighted by Gasteiger charge is 2.34. The number of carbonyl (C=O) groups excluding carboxylic acids is 1.